The maximum Gasteiger partial charge on any atom is 0.220 e. The van der Waals surface area contributed by atoms with E-state index in [0.29, 0.717) is 24.3 Å². The van der Waals surface area contributed by atoms with E-state index in [1.807, 2.05) is 6.07 Å². The summed E-state index contributed by atoms with van der Waals surface area (Å²) in [4.78, 5) is 12.3. The molecule has 1 heterocycles. The van der Waals surface area contributed by atoms with Gasteiger partial charge in [-0.2, -0.15) is 0 Å². The highest BCUT2D eigenvalue weighted by atomic mass is 32.2. The first kappa shape index (κ1) is 16.4. The monoisotopic (exact) mass is 339 g/mol. The van der Waals surface area contributed by atoms with E-state index in [0.717, 1.165) is 18.4 Å². The van der Waals surface area contributed by atoms with Gasteiger partial charge >= 0.3 is 0 Å². The van der Waals surface area contributed by atoms with E-state index in [1.54, 1.807) is 13.0 Å². The van der Waals surface area contributed by atoms with Crippen molar-refractivity contribution >= 4 is 15.7 Å². The Balaban J connectivity index is 1.65. The summed E-state index contributed by atoms with van der Waals surface area (Å²) in [6.45, 7) is 1.73. The molecule has 1 aliphatic heterocycles. The van der Waals surface area contributed by atoms with Crippen molar-refractivity contribution in [1.29, 1.82) is 0 Å². The van der Waals surface area contributed by atoms with Crippen LogP contribution in [0, 0.1) is 18.7 Å². The first-order valence-corrected chi connectivity index (χ1v) is 9.92. The van der Waals surface area contributed by atoms with Gasteiger partial charge in [-0.15, -0.1) is 0 Å². The van der Waals surface area contributed by atoms with Gasteiger partial charge < -0.3 is 5.32 Å². The molecule has 1 aromatic carbocycles. The topological polar surface area (TPSA) is 63.2 Å². The fourth-order valence-corrected chi connectivity index (χ4v) is 5.02. The number of hydrogen-bond acceptors (Lipinski definition) is 3. The van der Waals surface area contributed by atoms with Crippen LogP contribution in [-0.4, -0.2) is 31.9 Å². The number of benzene rings is 1. The molecule has 0 radical (unpaired) electrons. The summed E-state index contributed by atoms with van der Waals surface area (Å²) < 4.78 is 36.4. The zero-order chi connectivity index (χ0) is 16.6. The first-order chi connectivity index (χ1) is 10.8. The Hall–Kier alpha value is -1.43. The van der Waals surface area contributed by atoms with Crippen molar-refractivity contribution in [2.45, 2.75) is 44.6 Å². The Kier molecular flexibility index (Phi) is 4.45. The number of carbonyl (C=O) groups is 1. The summed E-state index contributed by atoms with van der Waals surface area (Å²) in [6.07, 6.45) is 3.02. The zero-order valence-electron chi connectivity index (χ0n) is 13.2. The molecule has 1 aliphatic carbocycles. The summed E-state index contributed by atoms with van der Waals surface area (Å²) in [7, 11) is -2.99. The molecule has 1 amide bonds. The highest BCUT2D eigenvalue weighted by molar-refractivity contribution is 7.91. The minimum absolute atomic E-state index is 0.0441. The Bertz CT molecular complexity index is 713. The Morgan fingerprint density at radius 2 is 2.09 bits per heavy atom. The Morgan fingerprint density at radius 1 is 1.35 bits per heavy atom. The lowest BCUT2D eigenvalue weighted by atomic mass is 9.89. The third-order valence-electron chi connectivity index (χ3n) is 4.80. The maximum absolute atomic E-state index is 13.4. The van der Waals surface area contributed by atoms with Crippen LogP contribution in [0.1, 0.15) is 42.7 Å². The molecule has 23 heavy (non-hydrogen) atoms. The minimum atomic E-state index is -2.99. The number of nitrogens with one attached hydrogen (secondary N) is 1. The Morgan fingerprint density at radius 3 is 2.65 bits per heavy atom. The van der Waals surface area contributed by atoms with E-state index in [2.05, 4.69) is 5.32 Å². The largest absolute Gasteiger partial charge is 0.352 e. The fraction of sp³-hybridized carbons (Fsp3) is 0.588. The van der Waals surface area contributed by atoms with Crippen molar-refractivity contribution in [3.63, 3.8) is 0 Å². The van der Waals surface area contributed by atoms with Crippen LogP contribution >= 0.6 is 0 Å². The van der Waals surface area contributed by atoms with Crippen LogP contribution in [0.15, 0.2) is 18.2 Å². The smallest absolute Gasteiger partial charge is 0.220 e. The number of sulfone groups is 1. The molecule has 1 N–H and O–H groups in total. The number of hydrogen-bond donors (Lipinski definition) is 1. The standard InChI is InChI=1S/C17H22FNO3S/c1-11-8-13(4-5-16(11)18)15(12-2-3-12)9-17(20)19-14-6-7-23(21,22)10-14/h4-5,8,12,14-15H,2-3,6-7,9-10H2,1H3,(H,19,20). The highest BCUT2D eigenvalue weighted by Crippen LogP contribution is 2.44. The lowest BCUT2D eigenvalue weighted by Gasteiger charge is -2.19. The van der Waals surface area contributed by atoms with E-state index in [1.165, 1.54) is 6.07 Å². The van der Waals surface area contributed by atoms with Crippen molar-refractivity contribution in [3.8, 4) is 0 Å². The van der Waals surface area contributed by atoms with Crippen LogP contribution in [0.5, 0.6) is 0 Å². The molecule has 1 saturated heterocycles. The summed E-state index contributed by atoms with van der Waals surface area (Å²) >= 11 is 0. The van der Waals surface area contributed by atoms with E-state index in [9.17, 15) is 17.6 Å². The molecule has 126 valence electrons. The molecule has 2 fully saturated rings. The SMILES string of the molecule is Cc1cc(C(CC(=O)NC2CCS(=O)(=O)C2)C2CC2)ccc1F. The molecule has 2 unspecified atom stereocenters. The molecule has 1 aromatic rings. The second-order valence-corrected chi connectivity index (χ2v) is 9.05. The highest BCUT2D eigenvalue weighted by Gasteiger charge is 2.35. The van der Waals surface area contributed by atoms with Gasteiger partial charge in [-0.3, -0.25) is 4.79 Å². The third kappa shape index (κ3) is 4.10. The second-order valence-electron chi connectivity index (χ2n) is 6.82. The number of halogens is 1. The van der Waals surface area contributed by atoms with Crippen LogP contribution in [0.4, 0.5) is 4.39 Å². The molecular formula is C17H22FNO3S. The number of carbonyl (C=O) groups excluding carboxylic acids is 1. The quantitative estimate of drug-likeness (QED) is 0.895. The number of amides is 1. The third-order valence-corrected chi connectivity index (χ3v) is 6.57. The maximum atomic E-state index is 13.4. The summed E-state index contributed by atoms with van der Waals surface area (Å²) in [5, 5.41) is 2.85. The van der Waals surface area contributed by atoms with Crippen molar-refractivity contribution in [1.82, 2.24) is 5.32 Å². The van der Waals surface area contributed by atoms with Crippen LogP contribution in [0.2, 0.25) is 0 Å². The molecule has 1 saturated carbocycles. The van der Waals surface area contributed by atoms with Gasteiger partial charge in [0.15, 0.2) is 9.84 Å². The van der Waals surface area contributed by atoms with Gasteiger partial charge in [0.2, 0.25) is 5.91 Å². The average Bonchev–Trinajstić information content (AvgIpc) is 3.25. The predicted octanol–water partition coefficient (Wildman–Crippen LogP) is 2.32. The van der Waals surface area contributed by atoms with Crippen LogP contribution in [-0.2, 0) is 14.6 Å². The zero-order valence-corrected chi connectivity index (χ0v) is 14.0. The van der Waals surface area contributed by atoms with Gasteiger partial charge in [-0.05, 0) is 55.2 Å². The molecular weight excluding hydrogens is 317 g/mol. The van der Waals surface area contributed by atoms with Crippen LogP contribution in [0.3, 0.4) is 0 Å². The second kappa shape index (κ2) is 6.23. The molecule has 3 rings (SSSR count). The first-order valence-electron chi connectivity index (χ1n) is 8.10. The van der Waals surface area contributed by atoms with Crippen LogP contribution in [0.25, 0.3) is 0 Å². The van der Waals surface area contributed by atoms with E-state index >= 15 is 0 Å². The molecule has 2 atom stereocenters. The molecule has 2 aliphatic rings. The number of aryl methyl sites for hydroxylation is 1. The molecule has 6 heteroatoms. The molecule has 0 aromatic heterocycles. The molecule has 4 nitrogen and oxygen atoms in total. The lowest BCUT2D eigenvalue weighted by molar-refractivity contribution is -0.122. The number of rotatable bonds is 5. The van der Waals surface area contributed by atoms with Crippen LogP contribution < -0.4 is 5.32 Å². The predicted molar refractivity (Wildman–Crippen MR) is 86.4 cm³/mol. The van der Waals surface area contributed by atoms with Gasteiger partial charge in [0.05, 0.1) is 11.5 Å². The normalized spacial score (nSPS) is 24.3. The summed E-state index contributed by atoms with van der Waals surface area (Å²) in [6, 6.07) is 4.79. The van der Waals surface area contributed by atoms with Crippen molar-refractivity contribution < 1.29 is 17.6 Å². The summed E-state index contributed by atoms with van der Waals surface area (Å²) in [5.41, 5.74) is 1.59. The fourth-order valence-electron chi connectivity index (χ4n) is 3.35. The van der Waals surface area contributed by atoms with Gasteiger partial charge in [0.25, 0.3) is 0 Å². The Labute approximate surface area is 136 Å². The van der Waals surface area contributed by atoms with Gasteiger partial charge in [-0.25, -0.2) is 12.8 Å². The van der Waals surface area contributed by atoms with Gasteiger partial charge in [0, 0.05) is 12.5 Å². The lowest BCUT2D eigenvalue weighted by Crippen LogP contribution is -2.36. The van der Waals surface area contributed by atoms with E-state index in [4.69, 9.17) is 0 Å². The van der Waals surface area contributed by atoms with E-state index in [-0.39, 0.29) is 35.2 Å². The van der Waals surface area contributed by atoms with Gasteiger partial charge in [-0.1, -0.05) is 12.1 Å². The van der Waals surface area contributed by atoms with Crippen molar-refractivity contribution in [2.75, 3.05) is 11.5 Å². The van der Waals surface area contributed by atoms with E-state index < -0.39 is 9.84 Å². The average molecular weight is 339 g/mol. The van der Waals surface area contributed by atoms with Crippen molar-refractivity contribution in [2.24, 2.45) is 5.92 Å². The summed E-state index contributed by atoms with van der Waals surface area (Å²) in [5.74, 6) is 0.420. The molecule has 0 spiro atoms. The minimum Gasteiger partial charge on any atom is -0.352 e. The van der Waals surface area contributed by atoms with Crippen molar-refractivity contribution in [3.05, 3.63) is 35.1 Å². The molecule has 0 bridgehead atoms. The van der Waals surface area contributed by atoms with Gasteiger partial charge in [0.1, 0.15) is 5.82 Å².